The minimum Gasteiger partial charge on any atom is -0.279 e. The van der Waals surface area contributed by atoms with E-state index in [9.17, 15) is 21.2 Å². The number of sulfone groups is 1. The van der Waals surface area contributed by atoms with Crippen LogP contribution >= 0.6 is 0 Å². The molecule has 1 saturated heterocycles. The first-order chi connectivity index (χ1) is 12.0. The van der Waals surface area contributed by atoms with E-state index >= 15 is 0 Å². The van der Waals surface area contributed by atoms with Gasteiger partial charge in [0.05, 0.1) is 34.6 Å². The molecule has 0 unspecified atom stereocenters. The monoisotopic (exact) mass is 401 g/mol. The Kier molecular flexibility index (Phi) is 4.60. The van der Waals surface area contributed by atoms with Crippen LogP contribution in [-0.2, 0) is 19.9 Å². The molecule has 1 N–H and O–H groups in total. The zero-order chi connectivity index (χ0) is 19.3. The SMILES string of the molecule is Cc1ccc(NS(=O)(=O)c2c(C)nn([C@H]3CCS(=O)(=O)C3)c2C)cc1F. The number of benzene rings is 1. The second kappa shape index (κ2) is 6.34. The van der Waals surface area contributed by atoms with Crippen molar-refractivity contribution < 1.29 is 21.2 Å². The minimum absolute atomic E-state index is 0.0113. The Hall–Kier alpha value is -1.94. The lowest BCUT2D eigenvalue weighted by molar-refractivity contribution is 0.484. The summed E-state index contributed by atoms with van der Waals surface area (Å²) in [5.74, 6) is -0.491. The number of aryl methyl sites for hydroxylation is 2. The number of hydrogen-bond acceptors (Lipinski definition) is 5. The molecule has 3 rings (SSSR count). The Labute approximate surface area is 152 Å². The second-order valence-electron chi connectivity index (χ2n) is 6.57. The van der Waals surface area contributed by atoms with Crippen molar-refractivity contribution in [2.45, 2.75) is 38.1 Å². The van der Waals surface area contributed by atoms with Gasteiger partial charge < -0.3 is 0 Å². The van der Waals surface area contributed by atoms with E-state index < -0.39 is 25.7 Å². The molecule has 0 radical (unpaired) electrons. The van der Waals surface area contributed by atoms with Gasteiger partial charge in [-0.05, 0) is 44.9 Å². The summed E-state index contributed by atoms with van der Waals surface area (Å²) in [6.45, 7) is 4.73. The lowest BCUT2D eigenvalue weighted by Crippen LogP contribution is -2.17. The molecule has 2 aromatic rings. The van der Waals surface area contributed by atoms with E-state index in [1.165, 1.54) is 16.8 Å². The molecule has 26 heavy (non-hydrogen) atoms. The summed E-state index contributed by atoms with van der Waals surface area (Å²) in [5, 5.41) is 4.26. The van der Waals surface area contributed by atoms with Crippen LogP contribution in [0.5, 0.6) is 0 Å². The van der Waals surface area contributed by atoms with Crippen molar-refractivity contribution in [2.24, 2.45) is 0 Å². The van der Waals surface area contributed by atoms with Gasteiger partial charge in [-0.25, -0.2) is 21.2 Å². The maximum Gasteiger partial charge on any atom is 0.265 e. The number of sulfonamides is 1. The lowest BCUT2D eigenvalue weighted by Gasteiger charge is -2.12. The van der Waals surface area contributed by atoms with Crippen LogP contribution in [-0.4, -0.2) is 38.1 Å². The Morgan fingerprint density at radius 1 is 1.27 bits per heavy atom. The standard InChI is InChI=1S/C16H20FN3O4S2/c1-10-4-5-13(8-15(10)17)19-26(23,24)16-11(2)18-20(12(16)3)14-6-7-25(21,22)9-14/h4-5,8,14,19H,6-7,9H2,1-3H3/t14-/m0/s1. The van der Waals surface area contributed by atoms with Gasteiger partial charge in [-0.3, -0.25) is 9.40 Å². The van der Waals surface area contributed by atoms with E-state index in [4.69, 9.17) is 0 Å². The van der Waals surface area contributed by atoms with Crippen molar-refractivity contribution in [3.8, 4) is 0 Å². The zero-order valence-corrected chi connectivity index (χ0v) is 16.3. The van der Waals surface area contributed by atoms with Crippen molar-refractivity contribution in [2.75, 3.05) is 16.2 Å². The molecule has 0 bridgehead atoms. The molecule has 1 aliphatic heterocycles. The first-order valence-corrected chi connectivity index (χ1v) is 11.4. The molecule has 0 amide bonds. The van der Waals surface area contributed by atoms with Crippen LogP contribution in [0.3, 0.4) is 0 Å². The molecule has 1 aromatic heterocycles. The third kappa shape index (κ3) is 3.48. The van der Waals surface area contributed by atoms with Gasteiger partial charge in [0.2, 0.25) is 0 Å². The molecule has 142 valence electrons. The maximum atomic E-state index is 13.7. The Bertz CT molecular complexity index is 1080. The molecule has 10 heteroatoms. The van der Waals surface area contributed by atoms with Crippen molar-refractivity contribution in [1.82, 2.24) is 9.78 Å². The van der Waals surface area contributed by atoms with Gasteiger partial charge in [-0.15, -0.1) is 0 Å². The summed E-state index contributed by atoms with van der Waals surface area (Å²) in [7, 11) is -7.12. The van der Waals surface area contributed by atoms with Crippen LogP contribution in [0, 0.1) is 26.6 Å². The molecule has 1 fully saturated rings. The van der Waals surface area contributed by atoms with Crippen LogP contribution in [0.25, 0.3) is 0 Å². The zero-order valence-electron chi connectivity index (χ0n) is 14.7. The molecular weight excluding hydrogens is 381 g/mol. The van der Waals surface area contributed by atoms with Gasteiger partial charge in [-0.2, -0.15) is 5.10 Å². The largest absolute Gasteiger partial charge is 0.279 e. The molecule has 1 aromatic carbocycles. The highest BCUT2D eigenvalue weighted by Gasteiger charge is 2.33. The highest BCUT2D eigenvalue weighted by Crippen LogP contribution is 2.29. The molecule has 1 atom stereocenters. The van der Waals surface area contributed by atoms with Crippen LogP contribution in [0.15, 0.2) is 23.1 Å². The summed E-state index contributed by atoms with van der Waals surface area (Å²) in [5.41, 5.74) is 1.16. The normalized spacial score (nSPS) is 19.6. The Balaban J connectivity index is 1.96. The first kappa shape index (κ1) is 18.8. The fourth-order valence-electron chi connectivity index (χ4n) is 3.22. The number of nitrogens with one attached hydrogen (secondary N) is 1. The molecule has 7 nitrogen and oxygen atoms in total. The maximum absolute atomic E-state index is 13.7. The van der Waals surface area contributed by atoms with Gasteiger partial charge in [0.15, 0.2) is 9.84 Å². The second-order valence-corrected chi connectivity index (χ2v) is 10.4. The summed E-state index contributed by atoms with van der Waals surface area (Å²) < 4.78 is 66.5. The van der Waals surface area contributed by atoms with E-state index in [-0.39, 0.29) is 33.8 Å². The van der Waals surface area contributed by atoms with E-state index in [1.54, 1.807) is 20.8 Å². The molecular formula is C16H20FN3O4S2. The first-order valence-electron chi connectivity index (χ1n) is 8.05. The number of nitrogens with zero attached hydrogens (tertiary/aromatic N) is 2. The van der Waals surface area contributed by atoms with Gasteiger partial charge in [0, 0.05) is 0 Å². The smallest absolute Gasteiger partial charge is 0.265 e. The summed E-state index contributed by atoms with van der Waals surface area (Å²) in [6.07, 6.45) is 0.403. The van der Waals surface area contributed by atoms with Gasteiger partial charge in [0.1, 0.15) is 10.7 Å². The molecule has 1 aliphatic rings. The fraction of sp³-hybridized carbons (Fsp3) is 0.438. The highest BCUT2D eigenvalue weighted by atomic mass is 32.2. The third-order valence-corrected chi connectivity index (χ3v) is 7.89. The number of halogens is 1. The molecule has 0 aliphatic carbocycles. The van der Waals surface area contributed by atoms with Crippen molar-refractivity contribution in [3.05, 3.63) is 41.0 Å². The van der Waals surface area contributed by atoms with Crippen LogP contribution in [0.2, 0.25) is 0 Å². The summed E-state index contributed by atoms with van der Waals surface area (Å²) >= 11 is 0. The van der Waals surface area contributed by atoms with Crippen molar-refractivity contribution >= 4 is 25.5 Å². The predicted molar refractivity (Wildman–Crippen MR) is 96.0 cm³/mol. The average molecular weight is 401 g/mol. The van der Waals surface area contributed by atoms with Gasteiger partial charge in [0.25, 0.3) is 10.0 Å². The van der Waals surface area contributed by atoms with Crippen molar-refractivity contribution in [3.63, 3.8) is 0 Å². The van der Waals surface area contributed by atoms with E-state index in [1.807, 2.05) is 0 Å². The molecule has 0 spiro atoms. The Morgan fingerprint density at radius 2 is 1.96 bits per heavy atom. The lowest BCUT2D eigenvalue weighted by atomic mass is 10.2. The topological polar surface area (TPSA) is 98.1 Å². The van der Waals surface area contributed by atoms with Crippen LogP contribution in [0.1, 0.15) is 29.4 Å². The third-order valence-electron chi connectivity index (χ3n) is 4.51. The van der Waals surface area contributed by atoms with Crippen LogP contribution < -0.4 is 4.72 Å². The van der Waals surface area contributed by atoms with Crippen molar-refractivity contribution in [1.29, 1.82) is 0 Å². The van der Waals surface area contributed by atoms with E-state index in [2.05, 4.69) is 9.82 Å². The van der Waals surface area contributed by atoms with Crippen LogP contribution in [0.4, 0.5) is 10.1 Å². The fourth-order valence-corrected chi connectivity index (χ4v) is 6.37. The van der Waals surface area contributed by atoms with Gasteiger partial charge in [-0.1, -0.05) is 6.07 Å². The minimum atomic E-state index is -3.99. The number of hydrogen-bond donors (Lipinski definition) is 1. The van der Waals surface area contributed by atoms with E-state index in [0.717, 1.165) is 6.07 Å². The number of rotatable bonds is 4. The van der Waals surface area contributed by atoms with E-state index in [0.29, 0.717) is 17.7 Å². The molecule has 0 saturated carbocycles. The number of aromatic nitrogens is 2. The van der Waals surface area contributed by atoms with Gasteiger partial charge >= 0.3 is 0 Å². The summed E-state index contributed by atoms with van der Waals surface area (Å²) in [4.78, 5) is -0.0113. The Morgan fingerprint density at radius 3 is 2.54 bits per heavy atom. The quantitative estimate of drug-likeness (QED) is 0.846. The summed E-state index contributed by atoms with van der Waals surface area (Å²) in [6, 6.07) is 3.71. The number of anilines is 1. The molecule has 2 heterocycles. The highest BCUT2D eigenvalue weighted by molar-refractivity contribution is 7.92. The average Bonchev–Trinajstić information content (AvgIpc) is 3.02. The predicted octanol–water partition coefficient (Wildman–Crippen LogP) is 2.11.